The van der Waals surface area contributed by atoms with Crippen LogP contribution in [0.15, 0.2) is 18.2 Å². The van der Waals surface area contributed by atoms with Gasteiger partial charge in [0.05, 0.1) is 0 Å². The average Bonchev–Trinajstić information content (AvgIpc) is 2.23. The molecule has 1 heterocycles. The lowest BCUT2D eigenvalue weighted by molar-refractivity contribution is 0.411. The molecular weight excluding hydrogens is 201 g/mol. The predicted molar refractivity (Wildman–Crippen MR) is 56.0 cm³/mol. The zero-order valence-corrected chi connectivity index (χ0v) is 8.65. The first-order chi connectivity index (χ1) is 6.77. The van der Waals surface area contributed by atoms with E-state index in [-0.39, 0.29) is 11.9 Å². The minimum absolute atomic E-state index is 0.211. The van der Waals surface area contributed by atoms with Gasteiger partial charge in [0.1, 0.15) is 5.82 Å². The maximum atomic E-state index is 13.0. The number of halogens is 2. The largest absolute Gasteiger partial charge is 0.310 e. The van der Waals surface area contributed by atoms with Crippen molar-refractivity contribution in [2.45, 2.75) is 25.3 Å². The van der Waals surface area contributed by atoms with Crippen LogP contribution in [0.5, 0.6) is 0 Å². The summed E-state index contributed by atoms with van der Waals surface area (Å²) in [5.74, 6) is -0.211. The second-order valence-electron chi connectivity index (χ2n) is 3.67. The molecule has 1 aliphatic heterocycles. The lowest BCUT2D eigenvalue weighted by Crippen LogP contribution is -2.27. The summed E-state index contributed by atoms with van der Waals surface area (Å²) < 4.78 is 13.0. The number of hydrogen-bond acceptors (Lipinski definition) is 1. The van der Waals surface area contributed by atoms with Gasteiger partial charge in [0.2, 0.25) is 0 Å². The van der Waals surface area contributed by atoms with Crippen molar-refractivity contribution in [2.24, 2.45) is 0 Å². The first-order valence-electron chi connectivity index (χ1n) is 4.96. The molecule has 0 aliphatic carbocycles. The molecular formula is C11H13ClFN. The highest BCUT2D eigenvalue weighted by molar-refractivity contribution is 6.31. The molecule has 14 heavy (non-hydrogen) atoms. The number of nitrogens with one attached hydrogen (secondary N) is 1. The summed E-state index contributed by atoms with van der Waals surface area (Å²) in [5.41, 5.74) is 0.895. The van der Waals surface area contributed by atoms with E-state index in [0.29, 0.717) is 5.02 Å². The van der Waals surface area contributed by atoms with Gasteiger partial charge in [-0.1, -0.05) is 18.0 Å². The molecule has 0 unspecified atom stereocenters. The van der Waals surface area contributed by atoms with E-state index in [2.05, 4.69) is 5.32 Å². The van der Waals surface area contributed by atoms with Gasteiger partial charge < -0.3 is 5.32 Å². The fourth-order valence-corrected chi connectivity index (χ4v) is 2.15. The van der Waals surface area contributed by atoms with Crippen LogP contribution in [0.4, 0.5) is 4.39 Å². The smallest absolute Gasteiger partial charge is 0.123 e. The van der Waals surface area contributed by atoms with Crippen LogP contribution >= 0.6 is 11.6 Å². The Morgan fingerprint density at radius 1 is 1.36 bits per heavy atom. The third-order valence-electron chi connectivity index (χ3n) is 2.64. The molecule has 76 valence electrons. The molecule has 1 aromatic rings. The normalized spacial score (nSPS) is 22.3. The highest BCUT2D eigenvalue weighted by Gasteiger charge is 2.17. The Hall–Kier alpha value is -0.600. The van der Waals surface area contributed by atoms with Crippen LogP contribution in [0.25, 0.3) is 0 Å². The molecule has 0 radical (unpaired) electrons. The van der Waals surface area contributed by atoms with Crippen molar-refractivity contribution in [1.82, 2.24) is 5.32 Å². The van der Waals surface area contributed by atoms with Crippen LogP contribution < -0.4 is 5.32 Å². The lowest BCUT2D eigenvalue weighted by Gasteiger charge is -2.24. The fourth-order valence-electron chi connectivity index (χ4n) is 1.90. The van der Waals surface area contributed by atoms with E-state index in [0.717, 1.165) is 18.5 Å². The van der Waals surface area contributed by atoms with Gasteiger partial charge in [0, 0.05) is 11.1 Å². The molecule has 1 aromatic carbocycles. The first kappa shape index (κ1) is 9.94. The Kier molecular flexibility index (Phi) is 3.04. The van der Waals surface area contributed by atoms with E-state index in [1.807, 2.05) is 0 Å². The summed E-state index contributed by atoms with van der Waals surface area (Å²) in [5, 5.41) is 4.01. The van der Waals surface area contributed by atoms with Gasteiger partial charge in [-0.15, -0.1) is 0 Å². The molecule has 0 bridgehead atoms. The lowest BCUT2D eigenvalue weighted by atomic mass is 9.97. The maximum Gasteiger partial charge on any atom is 0.123 e. The van der Waals surface area contributed by atoms with Gasteiger partial charge in [-0.05, 0) is 43.1 Å². The molecule has 1 fully saturated rings. The Morgan fingerprint density at radius 2 is 2.21 bits per heavy atom. The summed E-state index contributed by atoms with van der Waals surface area (Å²) in [4.78, 5) is 0. The van der Waals surface area contributed by atoms with Crippen LogP contribution in [-0.2, 0) is 0 Å². The van der Waals surface area contributed by atoms with E-state index in [1.54, 1.807) is 6.07 Å². The SMILES string of the molecule is Fc1ccc(Cl)c([C@H]2CCCCN2)c1. The highest BCUT2D eigenvalue weighted by Crippen LogP contribution is 2.29. The predicted octanol–water partition coefficient (Wildman–Crippen LogP) is 3.29. The second-order valence-corrected chi connectivity index (χ2v) is 4.08. The summed E-state index contributed by atoms with van der Waals surface area (Å²) in [7, 11) is 0. The van der Waals surface area contributed by atoms with Gasteiger partial charge in [0.15, 0.2) is 0 Å². The third kappa shape index (κ3) is 2.07. The topological polar surface area (TPSA) is 12.0 Å². The maximum absolute atomic E-state index is 13.0. The van der Waals surface area contributed by atoms with Crippen molar-refractivity contribution >= 4 is 11.6 Å². The van der Waals surface area contributed by atoms with Crippen molar-refractivity contribution < 1.29 is 4.39 Å². The van der Waals surface area contributed by atoms with Crippen molar-refractivity contribution in [3.05, 3.63) is 34.6 Å². The molecule has 1 atom stereocenters. The van der Waals surface area contributed by atoms with Crippen molar-refractivity contribution in [3.8, 4) is 0 Å². The Bertz CT molecular complexity index is 321. The minimum Gasteiger partial charge on any atom is -0.310 e. The molecule has 0 spiro atoms. The standard InChI is InChI=1S/C11H13ClFN/c12-10-5-4-8(13)7-9(10)11-3-1-2-6-14-11/h4-5,7,11,14H,1-3,6H2/t11-/m1/s1. The quantitative estimate of drug-likeness (QED) is 0.755. The van der Waals surface area contributed by atoms with Gasteiger partial charge in [-0.2, -0.15) is 0 Å². The Labute approximate surface area is 88.3 Å². The highest BCUT2D eigenvalue weighted by atomic mass is 35.5. The summed E-state index contributed by atoms with van der Waals surface area (Å²) in [6.07, 6.45) is 3.43. The van der Waals surface area contributed by atoms with Crippen LogP contribution in [0.3, 0.4) is 0 Å². The molecule has 1 nitrogen and oxygen atoms in total. The van der Waals surface area contributed by atoms with Crippen LogP contribution in [0.1, 0.15) is 30.9 Å². The average molecular weight is 214 g/mol. The first-order valence-corrected chi connectivity index (χ1v) is 5.33. The number of rotatable bonds is 1. The Morgan fingerprint density at radius 3 is 2.93 bits per heavy atom. The molecule has 1 N–H and O–H groups in total. The summed E-state index contributed by atoms with van der Waals surface area (Å²) in [6, 6.07) is 4.79. The Balaban J connectivity index is 2.24. The van der Waals surface area contributed by atoms with E-state index in [9.17, 15) is 4.39 Å². The molecule has 3 heteroatoms. The van der Waals surface area contributed by atoms with Crippen LogP contribution in [0.2, 0.25) is 5.02 Å². The monoisotopic (exact) mass is 213 g/mol. The molecule has 1 saturated heterocycles. The molecule has 0 saturated carbocycles. The van der Waals surface area contributed by atoms with E-state index in [4.69, 9.17) is 11.6 Å². The van der Waals surface area contributed by atoms with E-state index >= 15 is 0 Å². The summed E-state index contributed by atoms with van der Waals surface area (Å²) in [6.45, 7) is 0.998. The van der Waals surface area contributed by atoms with Crippen LogP contribution in [-0.4, -0.2) is 6.54 Å². The second kappa shape index (κ2) is 4.28. The molecule has 0 amide bonds. The van der Waals surface area contributed by atoms with Crippen molar-refractivity contribution in [3.63, 3.8) is 0 Å². The summed E-state index contributed by atoms with van der Waals surface area (Å²) >= 11 is 6.02. The van der Waals surface area contributed by atoms with Crippen LogP contribution in [0, 0.1) is 5.82 Å². The van der Waals surface area contributed by atoms with Gasteiger partial charge in [-0.25, -0.2) is 4.39 Å². The zero-order valence-electron chi connectivity index (χ0n) is 7.89. The van der Waals surface area contributed by atoms with Crippen molar-refractivity contribution in [1.29, 1.82) is 0 Å². The van der Waals surface area contributed by atoms with E-state index < -0.39 is 0 Å². The third-order valence-corrected chi connectivity index (χ3v) is 2.99. The molecule has 0 aromatic heterocycles. The minimum atomic E-state index is -0.211. The molecule has 2 rings (SSSR count). The van der Waals surface area contributed by atoms with Gasteiger partial charge in [-0.3, -0.25) is 0 Å². The van der Waals surface area contributed by atoms with E-state index in [1.165, 1.54) is 25.0 Å². The van der Waals surface area contributed by atoms with Gasteiger partial charge in [0.25, 0.3) is 0 Å². The number of piperidine rings is 1. The zero-order chi connectivity index (χ0) is 9.97. The fraction of sp³-hybridized carbons (Fsp3) is 0.455. The number of benzene rings is 1. The van der Waals surface area contributed by atoms with Crippen molar-refractivity contribution in [2.75, 3.05) is 6.54 Å². The molecule has 1 aliphatic rings. The van der Waals surface area contributed by atoms with Gasteiger partial charge >= 0.3 is 0 Å². The number of hydrogen-bond donors (Lipinski definition) is 1.